The van der Waals surface area contributed by atoms with E-state index < -0.39 is 25.0 Å². The number of amides is 1. The maximum Gasteiger partial charge on any atom is 0.270 e. The zero-order chi connectivity index (χ0) is 11.4. The van der Waals surface area contributed by atoms with Gasteiger partial charge in [0.1, 0.15) is 11.8 Å². The van der Waals surface area contributed by atoms with Gasteiger partial charge in [0, 0.05) is 11.9 Å². The average molecular weight is 236 g/mol. The van der Waals surface area contributed by atoms with Gasteiger partial charge < -0.3 is 10.4 Å². The highest BCUT2D eigenvalue weighted by Crippen LogP contribution is 2.07. The van der Waals surface area contributed by atoms with Gasteiger partial charge in [-0.3, -0.25) is 4.79 Å². The molecule has 84 valence electrons. The van der Waals surface area contributed by atoms with Crippen LogP contribution in [0.4, 0.5) is 8.78 Å². The number of aryl methyl sites for hydroxylation is 1. The number of halogens is 2. The Balaban J connectivity index is 2.43. The van der Waals surface area contributed by atoms with E-state index in [1.54, 1.807) is 6.92 Å². The van der Waals surface area contributed by atoms with Crippen LogP contribution < -0.4 is 5.32 Å². The first-order chi connectivity index (χ1) is 7.00. The number of nitrogens with one attached hydrogen (secondary N) is 1. The third kappa shape index (κ3) is 3.52. The van der Waals surface area contributed by atoms with Crippen molar-refractivity contribution in [2.24, 2.45) is 0 Å². The van der Waals surface area contributed by atoms with Crippen LogP contribution in [0.2, 0.25) is 0 Å². The summed E-state index contributed by atoms with van der Waals surface area (Å²) in [5.41, 5.74) is 0.180. The van der Waals surface area contributed by atoms with Gasteiger partial charge >= 0.3 is 0 Å². The quantitative estimate of drug-likeness (QED) is 0.813. The fourth-order valence-corrected chi connectivity index (χ4v) is 1.44. The number of carbonyl (C=O) groups is 1. The van der Waals surface area contributed by atoms with Crippen LogP contribution in [-0.2, 0) is 0 Å². The molecule has 1 atom stereocenters. The predicted octanol–water partition coefficient (Wildman–Crippen LogP) is 0.807. The third-order valence-electron chi connectivity index (χ3n) is 1.61. The Labute approximate surface area is 89.0 Å². The lowest BCUT2D eigenvalue weighted by Crippen LogP contribution is -2.35. The summed E-state index contributed by atoms with van der Waals surface area (Å²) in [5.74, 6) is -0.556. The first-order valence-electron chi connectivity index (χ1n) is 4.17. The van der Waals surface area contributed by atoms with Crippen LogP contribution in [0.3, 0.4) is 0 Å². The first-order valence-corrected chi connectivity index (χ1v) is 5.05. The molecule has 1 rings (SSSR count). The summed E-state index contributed by atoms with van der Waals surface area (Å²) >= 11 is 1.29. The van der Waals surface area contributed by atoms with Crippen molar-refractivity contribution in [3.8, 4) is 0 Å². The summed E-state index contributed by atoms with van der Waals surface area (Å²) in [6.45, 7) is 1.25. The minimum absolute atomic E-state index is 0.180. The molecular formula is C8H10F2N2O2S. The molecular weight excluding hydrogens is 226 g/mol. The minimum Gasteiger partial charge on any atom is -0.385 e. The second-order valence-electron chi connectivity index (χ2n) is 2.86. The number of aliphatic hydroxyl groups is 1. The fraction of sp³-hybridized carbons (Fsp3) is 0.500. The second kappa shape index (κ2) is 5.13. The monoisotopic (exact) mass is 236 g/mol. The number of aromatic nitrogens is 1. The smallest absolute Gasteiger partial charge is 0.270 e. The number of thiazole rings is 1. The summed E-state index contributed by atoms with van der Waals surface area (Å²) in [7, 11) is 0. The third-order valence-corrected chi connectivity index (χ3v) is 2.39. The Morgan fingerprint density at radius 3 is 2.87 bits per heavy atom. The number of alkyl halides is 2. The summed E-state index contributed by atoms with van der Waals surface area (Å²) in [6.07, 6.45) is -4.70. The molecule has 1 unspecified atom stereocenters. The van der Waals surface area contributed by atoms with E-state index in [9.17, 15) is 13.6 Å². The largest absolute Gasteiger partial charge is 0.385 e. The number of aliphatic hydroxyl groups excluding tert-OH is 1. The van der Waals surface area contributed by atoms with Crippen LogP contribution >= 0.6 is 11.3 Å². The molecule has 0 saturated heterocycles. The van der Waals surface area contributed by atoms with E-state index in [1.165, 1.54) is 16.7 Å². The Hall–Kier alpha value is -1.08. The molecule has 0 fully saturated rings. The van der Waals surface area contributed by atoms with Crippen LogP contribution in [0.1, 0.15) is 15.5 Å². The van der Waals surface area contributed by atoms with E-state index in [2.05, 4.69) is 10.3 Å². The Morgan fingerprint density at radius 1 is 1.73 bits per heavy atom. The van der Waals surface area contributed by atoms with Crippen molar-refractivity contribution in [1.29, 1.82) is 0 Å². The molecule has 2 N–H and O–H groups in total. The van der Waals surface area contributed by atoms with Gasteiger partial charge in [-0.15, -0.1) is 11.3 Å². The SMILES string of the molecule is Cc1nc(C(=O)NCC(O)C(F)F)cs1. The highest BCUT2D eigenvalue weighted by Gasteiger charge is 2.18. The number of hydrogen-bond acceptors (Lipinski definition) is 4. The van der Waals surface area contributed by atoms with Gasteiger partial charge in [-0.1, -0.05) is 0 Å². The van der Waals surface area contributed by atoms with E-state index in [1.807, 2.05) is 0 Å². The molecule has 1 aromatic rings. The van der Waals surface area contributed by atoms with Crippen molar-refractivity contribution in [3.63, 3.8) is 0 Å². The number of rotatable bonds is 4. The topological polar surface area (TPSA) is 62.2 Å². The molecule has 0 saturated carbocycles. The van der Waals surface area contributed by atoms with E-state index in [4.69, 9.17) is 5.11 Å². The van der Waals surface area contributed by atoms with Crippen LogP contribution in [0.15, 0.2) is 5.38 Å². The maximum absolute atomic E-state index is 11.9. The van der Waals surface area contributed by atoms with Gasteiger partial charge in [-0.2, -0.15) is 0 Å². The molecule has 1 aromatic heterocycles. The van der Waals surface area contributed by atoms with Crippen molar-refractivity contribution in [2.45, 2.75) is 19.5 Å². The van der Waals surface area contributed by atoms with Gasteiger partial charge in [0.15, 0.2) is 0 Å². The molecule has 0 aromatic carbocycles. The molecule has 0 aliphatic heterocycles. The highest BCUT2D eigenvalue weighted by atomic mass is 32.1. The summed E-state index contributed by atoms with van der Waals surface area (Å²) in [5, 5.41) is 13.2. The predicted molar refractivity (Wildman–Crippen MR) is 51.2 cm³/mol. The van der Waals surface area contributed by atoms with Gasteiger partial charge in [0.2, 0.25) is 0 Å². The molecule has 15 heavy (non-hydrogen) atoms. The minimum atomic E-state index is -2.86. The zero-order valence-corrected chi connectivity index (χ0v) is 8.72. The van der Waals surface area contributed by atoms with Gasteiger partial charge in [0.25, 0.3) is 12.3 Å². The molecule has 1 amide bonds. The van der Waals surface area contributed by atoms with Crippen LogP contribution in [0, 0.1) is 6.92 Å². The Bertz CT molecular complexity index is 343. The molecule has 4 nitrogen and oxygen atoms in total. The molecule has 0 bridgehead atoms. The standard InChI is InChI=1S/C8H10F2N2O2S/c1-4-12-5(3-15-4)8(14)11-2-6(13)7(9)10/h3,6-7,13H,2H2,1H3,(H,11,14). The van der Waals surface area contributed by atoms with Gasteiger partial charge in [-0.05, 0) is 6.92 Å². The van der Waals surface area contributed by atoms with E-state index in [0.717, 1.165) is 5.01 Å². The summed E-state index contributed by atoms with van der Waals surface area (Å²) < 4.78 is 23.7. The summed E-state index contributed by atoms with van der Waals surface area (Å²) in [4.78, 5) is 15.1. The lowest BCUT2D eigenvalue weighted by molar-refractivity contribution is -0.00272. The van der Waals surface area contributed by atoms with E-state index in [-0.39, 0.29) is 5.69 Å². The van der Waals surface area contributed by atoms with E-state index >= 15 is 0 Å². The Morgan fingerprint density at radius 2 is 2.40 bits per heavy atom. The fourth-order valence-electron chi connectivity index (χ4n) is 0.845. The molecule has 0 radical (unpaired) electrons. The maximum atomic E-state index is 11.9. The number of hydrogen-bond donors (Lipinski definition) is 2. The Kier molecular flexibility index (Phi) is 4.10. The van der Waals surface area contributed by atoms with Gasteiger partial charge in [-0.25, -0.2) is 13.8 Å². The molecule has 7 heteroatoms. The van der Waals surface area contributed by atoms with Crippen molar-refractivity contribution in [3.05, 3.63) is 16.1 Å². The first kappa shape index (κ1) is 12.0. The zero-order valence-electron chi connectivity index (χ0n) is 7.91. The van der Waals surface area contributed by atoms with Crippen molar-refractivity contribution >= 4 is 17.2 Å². The normalized spacial score (nSPS) is 12.9. The van der Waals surface area contributed by atoms with Crippen molar-refractivity contribution in [2.75, 3.05) is 6.54 Å². The van der Waals surface area contributed by atoms with E-state index in [0.29, 0.717) is 0 Å². The van der Waals surface area contributed by atoms with Crippen LogP contribution in [-0.4, -0.2) is 35.1 Å². The highest BCUT2D eigenvalue weighted by molar-refractivity contribution is 7.09. The lowest BCUT2D eigenvalue weighted by atomic mass is 10.3. The second-order valence-corrected chi connectivity index (χ2v) is 3.93. The summed E-state index contributed by atoms with van der Waals surface area (Å²) in [6, 6.07) is 0. The molecule has 1 heterocycles. The molecule has 0 spiro atoms. The van der Waals surface area contributed by atoms with Crippen molar-refractivity contribution < 1.29 is 18.7 Å². The molecule has 0 aliphatic carbocycles. The number of carbonyl (C=O) groups excluding carboxylic acids is 1. The van der Waals surface area contributed by atoms with Crippen LogP contribution in [0.25, 0.3) is 0 Å². The number of nitrogens with zero attached hydrogens (tertiary/aromatic N) is 1. The van der Waals surface area contributed by atoms with Crippen LogP contribution in [0.5, 0.6) is 0 Å². The van der Waals surface area contributed by atoms with Crippen molar-refractivity contribution in [1.82, 2.24) is 10.3 Å². The molecule has 0 aliphatic rings. The average Bonchev–Trinajstić information content (AvgIpc) is 2.60. The van der Waals surface area contributed by atoms with Gasteiger partial charge in [0.05, 0.1) is 5.01 Å². The lowest BCUT2D eigenvalue weighted by Gasteiger charge is -2.09.